The number of hydrogen-bond acceptors (Lipinski definition) is 0. The van der Waals surface area contributed by atoms with Gasteiger partial charge in [-0.25, -0.2) is 0 Å². The van der Waals surface area contributed by atoms with Crippen molar-refractivity contribution in [3.05, 3.63) is 0 Å². The van der Waals surface area contributed by atoms with Gasteiger partial charge in [0.15, 0.2) is 0 Å². The fourth-order valence-electron chi connectivity index (χ4n) is 0. The van der Waals surface area contributed by atoms with E-state index >= 15 is 0 Å². The maximum absolute atomic E-state index is 10.8. The minimum Gasteiger partial charge on any atom is -0.457 e. The quantitative estimate of drug-likeness (QED) is 0.186. The fraction of sp³-hybridized carbons (Fsp3) is 0. The van der Waals surface area contributed by atoms with E-state index in [1.807, 2.05) is 0 Å². The van der Waals surface area contributed by atoms with Crippen LogP contribution >= 0.6 is 0 Å². The van der Waals surface area contributed by atoms with E-state index in [0.29, 0.717) is 0 Å². The molecule has 0 aliphatic heterocycles. The van der Waals surface area contributed by atoms with E-state index in [2.05, 4.69) is 0 Å². The summed E-state index contributed by atoms with van der Waals surface area (Å²) in [6.45, 7) is 0. The number of halogens is 6. The molecular formula is H18CoF6O6Si+6. The summed E-state index contributed by atoms with van der Waals surface area (Å²) in [5.41, 5.74) is 0. The molecule has 0 bridgehead atoms. The molecule has 0 saturated carbocycles. The van der Waals surface area contributed by atoms with Gasteiger partial charge in [-0.3, -0.25) is 0 Å². The van der Waals surface area contributed by atoms with Crippen molar-refractivity contribution in [2.75, 3.05) is 0 Å². The summed E-state index contributed by atoms with van der Waals surface area (Å²) < 4.78 is 59.3. The standard InChI is InChI=1S/Co.F6Si.6H2O/c;1-7(2,3,4,5)6;;;;;;/h;;6*1H2/q+2;-2;;;;;;/p+6. The predicted molar refractivity (Wildman–Crippen MR) is 41.6 cm³/mol. The molecule has 0 unspecified atom stereocenters. The first-order valence-electron chi connectivity index (χ1n) is 1.13. The molecule has 0 heterocycles. The maximum Gasteiger partial charge on any atom is 2.00 e. The van der Waals surface area contributed by atoms with Crippen LogP contribution in [0, 0.1) is 0 Å². The van der Waals surface area contributed by atoms with Crippen LogP contribution in [0.3, 0.4) is 0 Å². The maximum atomic E-state index is 9.88. The summed E-state index contributed by atoms with van der Waals surface area (Å²) in [6.07, 6.45) is 0. The summed E-state index contributed by atoms with van der Waals surface area (Å²) in [4.78, 5) is 0. The zero-order chi connectivity index (χ0) is 6.41. The van der Waals surface area contributed by atoms with Gasteiger partial charge in [0.2, 0.25) is 0 Å². The van der Waals surface area contributed by atoms with Crippen LogP contribution in [0.25, 0.3) is 0 Å². The Morgan fingerprint density at radius 2 is 0.429 bits per heavy atom. The molecule has 0 aromatic rings. The molecule has 14 heteroatoms. The summed E-state index contributed by atoms with van der Waals surface area (Å²) in [5.74, 6) is 0. The summed E-state index contributed by atoms with van der Waals surface area (Å²) in [6, 6.07) is 0. The summed E-state index contributed by atoms with van der Waals surface area (Å²) in [5, 5.41) is 0. The van der Waals surface area contributed by atoms with Gasteiger partial charge in [0.05, 0.1) is 0 Å². The third-order valence-corrected chi connectivity index (χ3v) is 0. The Kier molecular flexibility index (Phi) is 39.1. The monoisotopic (exact) mass is 315 g/mol. The van der Waals surface area contributed by atoms with Crippen LogP contribution in [-0.4, -0.2) is 8.63 Å². The normalized spacial score (nSPS) is 11.6. The molecule has 1 radical (unpaired) electrons. The molecule has 14 heavy (non-hydrogen) atoms. The van der Waals surface area contributed by atoms with Crippen molar-refractivity contribution in [2.45, 2.75) is 0 Å². The third-order valence-electron chi connectivity index (χ3n) is 0. The van der Waals surface area contributed by atoms with Crippen molar-refractivity contribution in [3.63, 3.8) is 0 Å². The molecule has 103 valence electrons. The van der Waals surface area contributed by atoms with Gasteiger partial charge in [-0.2, -0.15) is 0 Å². The van der Waals surface area contributed by atoms with E-state index in [4.69, 9.17) is 0 Å². The topological polar surface area (TPSA) is 198 Å². The Morgan fingerprint density at radius 3 is 0.429 bits per heavy atom. The van der Waals surface area contributed by atoms with Crippen molar-refractivity contribution in [1.82, 2.24) is 0 Å². The van der Waals surface area contributed by atoms with Gasteiger partial charge < -0.3 is 32.9 Å². The second-order valence-corrected chi connectivity index (χ2v) is 3.21. The van der Waals surface area contributed by atoms with E-state index in [1.54, 1.807) is 0 Å². The third kappa shape index (κ3) is 368000. The Labute approximate surface area is 83.8 Å². The summed E-state index contributed by atoms with van der Waals surface area (Å²) in [7, 11) is -10.8. The van der Waals surface area contributed by atoms with E-state index in [0.717, 1.165) is 0 Å². The van der Waals surface area contributed by atoms with Gasteiger partial charge in [0.1, 0.15) is 0 Å². The zero-order valence-electron chi connectivity index (χ0n) is 6.57. The van der Waals surface area contributed by atoms with Crippen LogP contribution in [0.5, 0.6) is 0 Å². The average Bonchev–Trinajstić information content (AvgIpc) is 0.592. The second kappa shape index (κ2) is 8.38. The van der Waals surface area contributed by atoms with Gasteiger partial charge in [-0.1, -0.05) is 0 Å². The van der Waals surface area contributed by atoms with E-state index in [9.17, 15) is 24.6 Å². The fourth-order valence-corrected chi connectivity index (χ4v) is 0. The molecule has 6 nitrogen and oxygen atoms in total. The zero-order valence-corrected chi connectivity index (χ0v) is 8.61. The smallest absolute Gasteiger partial charge is 0.457 e. The van der Waals surface area contributed by atoms with Crippen molar-refractivity contribution in [2.24, 2.45) is 0 Å². The van der Waals surface area contributed by atoms with Crippen molar-refractivity contribution in [3.8, 4) is 0 Å². The molecule has 0 aliphatic carbocycles. The van der Waals surface area contributed by atoms with Gasteiger partial charge >= 0.3 is 50.1 Å². The minimum atomic E-state index is -10.8. The van der Waals surface area contributed by atoms with Gasteiger partial charge in [0.25, 0.3) is 0 Å². The Hall–Kier alpha value is 0.0634. The van der Waals surface area contributed by atoms with E-state index in [-0.39, 0.29) is 49.6 Å². The van der Waals surface area contributed by atoms with Gasteiger partial charge in [-0.05, 0) is 0 Å². The summed E-state index contributed by atoms with van der Waals surface area (Å²) >= 11 is 0. The largest absolute Gasteiger partial charge is 2.00 e. The second-order valence-electron chi connectivity index (χ2n) is 1.07. The molecule has 0 aromatic carbocycles. The van der Waals surface area contributed by atoms with Crippen LogP contribution in [0.1, 0.15) is 0 Å². The first kappa shape index (κ1) is 65.3. The molecule has 0 saturated heterocycles. The van der Waals surface area contributed by atoms with Crippen LogP contribution in [0.4, 0.5) is 24.6 Å². The number of hydrogen-bond donors (Lipinski definition) is 0. The van der Waals surface area contributed by atoms with E-state index in [1.165, 1.54) is 0 Å². The number of rotatable bonds is 0. The van der Waals surface area contributed by atoms with Crippen LogP contribution in [0.2, 0.25) is 0 Å². The first-order chi connectivity index (χ1) is 2.45. The molecule has 18 N–H and O–H groups in total. The van der Waals surface area contributed by atoms with Gasteiger partial charge in [0, 0.05) is 0 Å². The van der Waals surface area contributed by atoms with Crippen LogP contribution < -0.4 is 0 Å². The Morgan fingerprint density at radius 1 is 0.429 bits per heavy atom. The average molecular weight is 315 g/mol. The predicted octanol–water partition coefficient (Wildman–Crippen LogP) is -3.39. The molecule has 0 aromatic heterocycles. The molecular weight excluding hydrogens is 297 g/mol. The minimum absolute atomic E-state index is 0. The Bertz CT molecular complexity index is 80.9. The molecule has 0 spiro atoms. The molecule has 0 atom stereocenters. The van der Waals surface area contributed by atoms with E-state index < -0.39 is 8.63 Å². The SMILES string of the molecule is F[Si-2](F)(F)(F)(F)F.[Co+2].[OH3+].[OH3+].[OH3+].[OH3+].[OH3+].[OH3+]. The first-order valence-corrected chi connectivity index (χ1v) is 3.40. The molecule has 0 fully saturated rings. The Balaban J connectivity index is -0.00000000857. The molecule has 0 amide bonds. The molecule has 0 rings (SSSR count). The van der Waals surface area contributed by atoms with Crippen molar-refractivity contribution in [1.29, 1.82) is 0 Å². The van der Waals surface area contributed by atoms with Crippen LogP contribution in [0.15, 0.2) is 0 Å². The van der Waals surface area contributed by atoms with Crippen molar-refractivity contribution < 1.29 is 74.3 Å². The molecule has 0 aliphatic rings. The van der Waals surface area contributed by atoms with Crippen molar-refractivity contribution >= 4 is 8.63 Å². The van der Waals surface area contributed by atoms with Crippen LogP contribution in [-0.2, 0) is 49.6 Å². The van der Waals surface area contributed by atoms with Gasteiger partial charge in [-0.15, -0.1) is 0 Å².